The zero-order chi connectivity index (χ0) is 12.4. The lowest BCUT2D eigenvalue weighted by molar-refractivity contribution is 0.0324. The van der Waals surface area contributed by atoms with Gasteiger partial charge in [0.1, 0.15) is 0 Å². The van der Waals surface area contributed by atoms with Gasteiger partial charge in [-0.1, -0.05) is 6.42 Å². The predicted octanol–water partition coefficient (Wildman–Crippen LogP) is 0.0601. The first kappa shape index (κ1) is 12.9. The predicted molar refractivity (Wildman–Crippen MR) is 74.9 cm³/mol. The minimum Gasteiger partial charge on any atom is -0.314 e. The molecule has 18 heavy (non-hydrogen) atoms. The van der Waals surface area contributed by atoms with Crippen molar-refractivity contribution in [1.82, 2.24) is 20.0 Å². The van der Waals surface area contributed by atoms with Crippen molar-refractivity contribution in [3.05, 3.63) is 0 Å². The van der Waals surface area contributed by atoms with Crippen LogP contribution in [0.5, 0.6) is 0 Å². The third-order valence-corrected chi connectivity index (χ3v) is 5.04. The molecule has 4 heteroatoms. The molecule has 0 aliphatic carbocycles. The fourth-order valence-electron chi connectivity index (χ4n) is 3.75. The van der Waals surface area contributed by atoms with E-state index in [1.807, 2.05) is 0 Å². The van der Waals surface area contributed by atoms with E-state index in [0.717, 1.165) is 12.6 Å². The Morgan fingerprint density at radius 1 is 1.11 bits per heavy atom. The van der Waals surface area contributed by atoms with Crippen molar-refractivity contribution in [2.24, 2.45) is 0 Å². The zero-order valence-corrected chi connectivity index (χ0v) is 11.8. The largest absolute Gasteiger partial charge is 0.314 e. The van der Waals surface area contributed by atoms with Crippen molar-refractivity contribution in [3.8, 4) is 0 Å². The maximum atomic E-state index is 3.53. The first-order chi connectivity index (χ1) is 8.83. The summed E-state index contributed by atoms with van der Waals surface area (Å²) < 4.78 is 0. The van der Waals surface area contributed by atoms with Crippen LogP contribution in [0.25, 0.3) is 0 Å². The van der Waals surface area contributed by atoms with E-state index in [2.05, 4.69) is 27.1 Å². The molecule has 3 aliphatic heterocycles. The normalized spacial score (nSPS) is 36.5. The molecule has 3 heterocycles. The molecule has 0 aromatic rings. The molecule has 0 aromatic carbocycles. The van der Waals surface area contributed by atoms with Crippen LogP contribution < -0.4 is 5.32 Å². The smallest absolute Gasteiger partial charge is 0.0345 e. The molecule has 2 atom stereocenters. The molecule has 4 nitrogen and oxygen atoms in total. The second-order valence-electron chi connectivity index (χ2n) is 6.28. The van der Waals surface area contributed by atoms with E-state index >= 15 is 0 Å². The van der Waals surface area contributed by atoms with Crippen molar-refractivity contribution < 1.29 is 0 Å². The maximum absolute atomic E-state index is 3.53. The molecule has 3 saturated heterocycles. The molecular formula is C14H28N4. The second-order valence-corrected chi connectivity index (χ2v) is 6.28. The average Bonchev–Trinajstić information content (AvgIpc) is 2.41. The summed E-state index contributed by atoms with van der Waals surface area (Å²) in [6.45, 7) is 10.0. The summed E-state index contributed by atoms with van der Waals surface area (Å²) in [6, 6.07) is 1.57. The fraction of sp³-hybridized carbons (Fsp3) is 1.00. The van der Waals surface area contributed by atoms with Crippen LogP contribution in [0.4, 0.5) is 0 Å². The van der Waals surface area contributed by atoms with E-state index in [9.17, 15) is 0 Å². The molecule has 104 valence electrons. The van der Waals surface area contributed by atoms with E-state index in [1.165, 1.54) is 65.1 Å². The minimum atomic E-state index is 0.717. The second kappa shape index (κ2) is 5.87. The molecule has 0 radical (unpaired) electrons. The van der Waals surface area contributed by atoms with Crippen LogP contribution in [0.2, 0.25) is 0 Å². The van der Waals surface area contributed by atoms with Crippen LogP contribution in [0.1, 0.15) is 19.3 Å². The van der Waals surface area contributed by atoms with Gasteiger partial charge in [-0.2, -0.15) is 0 Å². The minimum absolute atomic E-state index is 0.717. The molecule has 0 bridgehead atoms. The van der Waals surface area contributed by atoms with Gasteiger partial charge in [0.25, 0.3) is 0 Å². The fourth-order valence-corrected chi connectivity index (χ4v) is 3.75. The number of nitrogens with zero attached hydrogens (tertiary/aromatic N) is 3. The molecule has 3 fully saturated rings. The number of piperazine rings is 2. The monoisotopic (exact) mass is 252 g/mol. The van der Waals surface area contributed by atoms with Crippen LogP contribution in [0.15, 0.2) is 0 Å². The summed E-state index contributed by atoms with van der Waals surface area (Å²) in [5.74, 6) is 0. The van der Waals surface area contributed by atoms with Crippen molar-refractivity contribution >= 4 is 0 Å². The van der Waals surface area contributed by atoms with E-state index in [-0.39, 0.29) is 0 Å². The van der Waals surface area contributed by atoms with Crippen molar-refractivity contribution in [3.63, 3.8) is 0 Å². The van der Waals surface area contributed by atoms with E-state index in [4.69, 9.17) is 0 Å². The molecule has 3 aliphatic rings. The Balaban J connectivity index is 1.51. The third kappa shape index (κ3) is 2.87. The molecule has 1 N–H and O–H groups in total. The SMILES string of the molecule is CN1CCNCC1CN1CCN2CCCCC2C1. The van der Waals surface area contributed by atoms with Gasteiger partial charge < -0.3 is 5.32 Å². The first-order valence-corrected chi connectivity index (χ1v) is 7.70. The summed E-state index contributed by atoms with van der Waals surface area (Å²) in [4.78, 5) is 7.97. The highest BCUT2D eigenvalue weighted by Gasteiger charge is 2.30. The van der Waals surface area contributed by atoms with Crippen molar-refractivity contribution in [2.45, 2.75) is 31.3 Å². The molecule has 3 rings (SSSR count). The molecule has 0 spiro atoms. The van der Waals surface area contributed by atoms with Crippen LogP contribution in [0.3, 0.4) is 0 Å². The number of likely N-dealkylation sites (N-methyl/N-ethyl adjacent to an activating group) is 1. The van der Waals surface area contributed by atoms with E-state index in [0.29, 0.717) is 6.04 Å². The molecule has 2 unspecified atom stereocenters. The van der Waals surface area contributed by atoms with Gasteiger partial charge in [0.2, 0.25) is 0 Å². The Hall–Kier alpha value is -0.160. The van der Waals surface area contributed by atoms with E-state index < -0.39 is 0 Å². The van der Waals surface area contributed by atoms with Gasteiger partial charge in [-0.25, -0.2) is 0 Å². The quantitative estimate of drug-likeness (QED) is 0.750. The highest BCUT2D eigenvalue weighted by Crippen LogP contribution is 2.21. The molecule has 0 saturated carbocycles. The summed E-state index contributed by atoms with van der Waals surface area (Å²) in [5, 5.41) is 3.53. The lowest BCUT2D eigenvalue weighted by Gasteiger charge is -2.46. The molecular weight excluding hydrogens is 224 g/mol. The summed E-state index contributed by atoms with van der Waals surface area (Å²) in [6.07, 6.45) is 4.29. The van der Waals surface area contributed by atoms with Crippen LogP contribution in [-0.2, 0) is 0 Å². The van der Waals surface area contributed by atoms with Gasteiger partial charge in [0, 0.05) is 57.9 Å². The Kier molecular flexibility index (Phi) is 4.19. The standard InChI is InChI=1S/C14H28N4/c1-16-7-5-15-10-14(16)12-17-8-9-18-6-3-2-4-13(18)11-17/h13-15H,2-12H2,1H3. The van der Waals surface area contributed by atoms with Gasteiger partial charge >= 0.3 is 0 Å². The Bertz CT molecular complexity index is 271. The topological polar surface area (TPSA) is 21.8 Å². The number of nitrogens with one attached hydrogen (secondary N) is 1. The number of piperidine rings is 1. The number of hydrogen-bond acceptors (Lipinski definition) is 4. The van der Waals surface area contributed by atoms with Crippen molar-refractivity contribution in [1.29, 1.82) is 0 Å². The highest BCUT2D eigenvalue weighted by atomic mass is 15.3. The number of hydrogen-bond donors (Lipinski definition) is 1. The van der Waals surface area contributed by atoms with Gasteiger partial charge in [0.15, 0.2) is 0 Å². The summed E-state index contributed by atoms with van der Waals surface area (Å²) in [7, 11) is 2.28. The lowest BCUT2D eigenvalue weighted by atomic mass is 9.99. The summed E-state index contributed by atoms with van der Waals surface area (Å²) in [5.41, 5.74) is 0. The first-order valence-electron chi connectivity index (χ1n) is 7.70. The van der Waals surface area contributed by atoms with Crippen LogP contribution in [-0.4, -0.2) is 86.2 Å². The summed E-state index contributed by atoms with van der Waals surface area (Å²) >= 11 is 0. The van der Waals surface area contributed by atoms with E-state index in [1.54, 1.807) is 0 Å². The van der Waals surface area contributed by atoms with Gasteiger partial charge in [0.05, 0.1) is 0 Å². The average molecular weight is 252 g/mol. The number of rotatable bonds is 2. The van der Waals surface area contributed by atoms with Gasteiger partial charge in [-0.3, -0.25) is 14.7 Å². The number of fused-ring (bicyclic) bond motifs is 1. The molecule has 0 amide bonds. The van der Waals surface area contributed by atoms with Gasteiger partial charge in [-0.05, 0) is 26.4 Å². The highest BCUT2D eigenvalue weighted by molar-refractivity contribution is 4.88. The Morgan fingerprint density at radius 2 is 2.06 bits per heavy atom. The van der Waals surface area contributed by atoms with Crippen LogP contribution in [0, 0.1) is 0 Å². The van der Waals surface area contributed by atoms with Crippen LogP contribution >= 0.6 is 0 Å². The third-order valence-electron chi connectivity index (χ3n) is 5.04. The lowest BCUT2D eigenvalue weighted by Crippen LogP contribution is -2.59. The Labute approximate surface area is 111 Å². The molecule has 0 aromatic heterocycles. The van der Waals surface area contributed by atoms with Gasteiger partial charge in [-0.15, -0.1) is 0 Å². The zero-order valence-electron chi connectivity index (χ0n) is 11.8. The maximum Gasteiger partial charge on any atom is 0.0345 e. The Morgan fingerprint density at radius 3 is 2.94 bits per heavy atom. The van der Waals surface area contributed by atoms with Crippen molar-refractivity contribution in [2.75, 3.05) is 59.4 Å².